The molecule has 0 aliphatic carbocycles. The molecule has 2 unspecified atom stereocenters. The van der Waals surface area contributed by atoms with Crippen LogP contribution in [0.4, 0.5) is 0 Å². The molecule has 0 spiro atoms. The molecular weight excluding hydrogens is 210 g/mol. The number of rotatable bonds is 3. The molecule has 0 aromatic carbocycles. The van der Waals surface area contributed by atoms with E-state index in [1.54, 1.807) is 4.90 Å². The highest BCUT2D eigenvalue weighted by molar-refractivity contribution is 5.78. The van der Waals surface area contributed by atoms with Crippen LogP contribution in [0.15, 0.2) is 0 Å². The Bertz CT molecular complexity index is 240. The summed E-state index contributed by atoms with van der Waals surface area (Å²) in [6.45, 7) is 1.89. The van der Waals surface area contributed by atoms with Gasteiger partial charge in [-0.05, 0) is 19.3 Å². The molecular formula is C11H19NO4. The first-order chi connectivity index (χ1) is 7.81. The van der Waals surface area contributed by atoms with Gasteiger partial charge in [-0.3, -0.25) is 4.79 Å². The third-order valence-corrected chi connectivity index (χ3v) is 3.18. The van der Waals surface area contributed by atoms with Crippen molar-refractivity contribution in [3.8, 4) is 0 Å². The van der Waals surface area contributed by atoms with Crippen LogP contribution < -0.4 is 0 Å². The summed E-state index contributed by atoms with van der Waals surface area (Å²) in [5.74, 6) is -0.0422. The Balaban J connectivity index is 1.91. The summed E-state index contributed by atoms with van der Waals surface area (Å²) < 4.78 is 10.7. The smallest absolute Gasteiger partial charge is 0.249 e. The minimum Gasteiger partial charge on any atom is -0.394 e. The number of hydrogen-bond acceptors (Lipinski definition) is 4. The van der Waals surface area contributed by atoms with E-state index >= 15 is 0 Å². The molecule has 2 aliphatic heterocycles. The SMILES string of the molecule is O=C1COCC(CO)N1CC1CCCCO1. The predicted molar refractivity (Wildman–Crippen MR) is 57.0 cm³/mol. The van der Waals surface area contributed by atoms with Crippen molar-refractivity contribution in [1.29, 1.82) is 0 Å². The lowest BCUT2D eigenvalue weighted by atomic mass is 10.1. The van der Waals surface area contributed by atoms with Gasteiger partial charge in [-0.1, -0.05) is 0 Å². The van der Waals surface area contributed by atoms with Crippen LogP contribution in [0, 0.1) is 0 Å². The van der Waals surface area contributed by atoms with Gasteiger partial charge < -0.3 is 19.5 Å². The highest BCUT2D eigenvalue weighted by Crippen LogP contribution is 2.17. The molecule has 2 saturated heterocycles. The summed E-state index contributed by atoms with van der Waals surface area (Å²) in [6.07, 6.45) is 3.40. The van der Waals surface area contributed by atoms with Crippen LogP contribution in [0.3, 0.4) is 0 Å². The van der Waals surface area contributed by atoms with Gasteiger partial charge in [0.2, 0.25) is 5.91 Å². The lowest BCUT2D eigenvalue weighted by Crippen LogP contribution is -2.54. The van der Waals surface area contributed by atoms with Gasteiger partial charge in [-0.2, -0.15) is 0 Å². The molecule has 2 aliphatic rings. The number of amides is 1. The van der Waals surface area contributed by atoms with Gasteiger partial charge in [0.15, 0.2) is 0 Å². The second-order valence-corrected chi connectivity index (χ2v) is 4.39. The number of aliphatic hydroxyl groups excluding tert-OH is 1. The summed E-state index contributed by atoms with van der Waals surface area (Å²) in [7, 11) is 0. The first-order valence-corrected chi connectivity index (χ1v) is 5.91. The maximum Gasteiger partial charge on any atom is 0.249 e. The highest BCUT2D eigenvalue weighted by Gasteiger charge is 2.30. The van der Waals surface area contributed by atoms with Crippen molar-refractivity contribution < 1.29 is 19.4 Å². The van der Waals surface area contributed by atoms with E-state index in [0.29, 0.717) is 13.2 Å². The standard InChI is InChI=1S/C11H19NO4/c13-6-9-7-15-8-11(14)12(9)5-10-3-1-2-4-16-10/h9-10,13H,1-8H2. The molecule has 2 fully saturated rings. The van der Waals surface area contributed by atoms with Gasteiger partial charge in [0.25, 0.3) is 0 Å². The first-order valence-electron chi connectivity index (χ1n) is 5.91. The van der Waals surface area contributed by atoms with E-state index in [0.717, 1.165) is 25.9 Å². The fourth-order valence-electron chi connectivity index (χ4n) is 2.23. The zero-order valence-corrected chi connectivity index (χ0v) is 9.43. The van der Waals surface area contributed by atoms with Crippen molar-refractivity contribution in [2.75, 3.05) is 33.0 Å². The molecule has 5 nitrogen and oxygen atoms in total. The molecule has 0 radical (unpaired) electrons. The minimum atomic E-state index is -0.202. The average Bonchev–Trinajstić information content (AvgIpc) is 2.33. The zero-order valence-electron chi connectivity index (χ0n) is 9.43. The molecule has 2 heterocycles. The monoisotopic (exact) mass is 229 g/mol. The van der Waals surface area contributed by atoms with Gasteiger partial charge in [-0.25, -0.2) is 0 Å². The number of ether oxygens (including phenoxy) is 2. The number of nitrogens with zero attached hydrogens (tertiary/aromatic N) is 1. The number of morpholine rings is 1. The van der Waals surface area contributed by atoms with E-state index in [4.69, 9.17) is 9.47 Å². The van der Waals surface area contributed by atoms with Crippen LogP contribution >= 0.6 is 0 Å². The topological polar surface area (TPSA) is 59.0 Å². The number of hydrogen-bond donors (Lipinski definition) is 1. The maximum absolute atomic E-state index is 11.7. The Morgan fingerprint density at radius 1 is 1.44 bits per heavy atom. The Kier molecular flexibility index (Phi) is 4.15. The van der Waals surface area contributed by atoms with Gasteiger partial charge in [0, 0.05) is 13.2 Å². The third-order valence-electron chi connectivity index (χ3n) is 3.18. The van der Waals surface area contributed by atoms with E-state index in [1.165, 1.54) is 0 Å². The fraction of sp³-hybridized carbons (Fsp3) is 0.909. The van der Waals surface area contributed by atoms with Gasteiger partial charge in [0.1, 0.15) is 6.61 Å². The Hall–Kier alpha value is -0.650. The highest BCUT2D eigenvalue weighted by atomic mass is 16.5. The van der Waals surface area contributed by atoms with Crippen LogP contribution in [0.25, 0.3) is 0 Å². The predicted octanol–water partition coefficient (Wildman–Crippen LogP) is -0.225. The molecule has 16 heavy (non-hydrogen) atoms. The molecule has 92 valence electrons. The van der Waals surface area contributed by atoms with Crippen LogP contribution in [-0.2, 0) is 14.3 Å². The van der Waals surface area contributed by atoms with Crippen molar-refractivity contribution >= 4 is 5.91 Å². The Morgan fingerprint density at radius 2 is 2.31 bits per heavy atom. The molecule has 0 aromatic rings. The van der Waals surface area contributed by atoms with E-state index in [2.05, 4.69) is 0 Å². The van der Waals surface area contributed by atoms with Crippen molar-refractivity contribution in [2.45, 2.75) is 31.4 Å². The van der Waals surface area contributed by atoms with Crippen LogP contribution in [-0.4, -0.2) is 61.0 Å². The first kappa shape index (κ1) is 11.8. The quantitative estimate of drug-likeness (QED) is 0.726. The maximum atomic E-state index is 11.7. The van der Waals surface area contributed by atoms with Crippen molar-refractivity contribution in [1.82, 2.24) is 4.90 Å². The summed E-state index contributed by atoms with van der Waals surface area (Å²) in [6, 6.07) is -0.202. The van der Waals surface area contributed by atoms with Crippen molar-refractivity contribution in [3.05, 3.63) is 0 Å². The second kappa shape index (κ2) is 5.61. The molecule has 1 N–H and O–H groups in total. The van der Waals surface area contributed by atoms with Gasteiger partial charge in [0.05, 0.1) is 25.4 Å². The van der Waals surface area contributed by atoms with Gasteiger partial charge >= 0.3 is 0 Å². The largest absolute Gasteiger partial charge is 0.394 e. The van der Waals surface area contributed by atoms with Gasteiger partial charge in [-0.15, -0.1) is 0 Å². The normalized spacial score (nSPS) is 31.8. The molecule has 1 amide bonds. The molecule has 2 rings (SSSR count). The lowest BCUT2D eigenvalue weighted by molar-refractivity contribution is -0.154. The Morgan fingerprint density at radius 3 is 3.00 bits per heavy atom. The van der Waals surface area contributed by atoms with Crippen molar-refractivity contribution in [2.24, 2.45) is 0 Å². The van der Waals surface area contributed by atoms with Crippen LogP contribution in [0.1, 0.15) is 19.3 Å². The molecule has 0 bridgehead atoms. The Labute approximate surface area is 95.3 Å². The number of carbonyl (C=O) groups excluding carboxylic acids is 1. The van der Waals surface area contributed by atoms with Crippen molar-refractivity contribution in [3.63, 3.8) is 0 Å². The van der Waals surface area contributed by atoms with E-state index in [-0.39, 0.29) is 31.3 Å². The fourth-order valence-corrected chi connectivity index (χ4v) is 2.23. The van der Waals surface area contributed by atoms with Crippen LogP contribution in [0.5, 0.6) is 0 Å². The molecule has 2 atom stereocenters. The third kappa shape index (κ3) is 2.72. The summed E-state index contributed by atoms with van der Waals surface area (Å²) in [4.78, 5) is 13.4. The summed E-state index contributed by atoms with van der Waals surface area (Å²) >= 11 is 0. The summed E-state index contributed by atoms with van der Waals surface area (Å²) in [5, 5.41) is 9.19. The average molecular weight is 229 g/mol. The second-order valence-electron chi connectivity index (χ2n) is 4.39. The number of aliphatic hydroxyl groups is 1. The molecule has 5 heteroatoms. The molecule has 0 saturated carbocycles. The van der Waals surface area contributed by atoms with E-state index < -0.39 is 0 Å². The lowest BCUT2D eigenvalue weighted by Gasteiger charge is -2.37. The zero-order chi connectivity index (χ0) is 11.4. The number of carbonyl (C=O) groups is 1. The van der Waals surface area contributed by atoms with E-state index in [1.807, 2.05) is 0 Å². The van der Waals surface area contributed by atoms with E-state index in [9.17, 15) is 9.90 Å². The van der Waals surface area contributed by atoms with Crippen LogP contribution in [0.2, 0.25) is 0 Å². The molecule has 0 aromatic heterocycles. The minimum absolute atomic E-state index is 0.0422. The summed E-state index contributed by atoms with van der Waals surface area (Å²) in [5.41, 5.74) is 0.